The van der Waals surface area contributed by atoms with Crippen LogP contribution >= 0.6 is 24.0 Å². The first-order valence-corrected chi connectivity index (χ1v) is 10.5. The molecule has 28 heavy (non-hydrogen) atoms. The molecule has 2 aliphatic carbocycles. The number of guanidine groups is 1. The van der Waals surface area contributed by atoms with Gasteiger partial charge in [-0.25, -0.2) is 0 Å². The van der Waals surface area contributed by atoms with Gasteiger partial charge >= 0.3 is 0 Å². The van der Waals surface area contributed by atoms with Gasteiger partial charge < -0.3 is 20.7 Å². The van der Waals surface area contributed by atoms with E-state index in [1.807, 2.05) is 20.9 Å². The van der Waals surface area contributed by atoms with Crippen LogP contribution < -0.4 is 11.1 Å². The third kappa shape index (κ3) is 4.28. The van der Waals surface area contributed by atoms with Crippen molar-refractivity contribution in [2.24, 2.45) is 16.1 Å². The van der Waals surface area contributed by atoms with Crippen LogP contribution in [0.2, 0.25) is 0 Å². The van der Waals surface area contributed by atoms with Crippen molar-refractivity contribution in [2.75, 3.05) is 39.8 Å². The molecule has 2 unspecified atom stereocenters. The molecule has 3 aliphatic rings. The average Bonchev–Trinajstić information content (AvgIpc) is 3.17. The van der Waals surface area contributed by atoms with Gasteiger partial charge in [-0.3, -0.25) is 14.7 Å². The zero-order chi connectivity index (χ0) is 19.7. The predicted molar refractivity (Wildman–Crippen MR) is 123 cm³/mol. The van der Waals surface area contributed by atoms with Gasteiger partial charge in [0.1, 0.15) is 0 Å². The summed E-state index contributed by atoms with van der Waals surface area (Å²) in [6.45, 7) is 10.0. The zero-order valence-electron chi connectivity index (χ0n) is 17.9. The van der Waals surface area contributed by atoms with E-state index in [2.05, 4.69) is 27.0 Å². The zero-order valence-corrected chi connectivity index (χ0v) is 20.2. The number of hydrogen-bond acceptors (Lipinski definition) is 4. The van der Waals surface area contributed by atoms with Crippen molar-refractivity contribution >= 4 is 35.8 Å². The second-order valence-corrected chi connectivity index (χ2v) is 8.76. The molecule has 1 aliphatic heterocycles. The molecule has 0 radical (unpaired) electrons. The van der Waals surface area contributed by atoms with Gasteiger partial charge in [0.15, 0.2) is 5.96 Å². The summed E-state index contributed by atoms with van der Waals surface area (Å²) in [6, 6.07) is 0.454. The van der Waals surface area contributed by atoms with Gasteiger partial charge in [0.05, 0.1) is 11.6 Å². The van der Waals surface area contributed by atoms with Gasteiger partial charge in [0, 0.05) is 51.3 Å². The van der Waals surface area contributed by atoms with Crippen LogP contribution in [0.15, 0.2) is 4.99 Å². The van der Waals surface area contributed by atoms with Gasteiger partial charge in [-0.1, -0.05) is 12.8 Å². The van der Waals surface area contributed by atoms with Crippen molar-refractivity contribution in [1.82, 2.24) is 15.1 Å². The first-order chi connectivity index (χ1) is 12.8. The predicted octanol–water partition coefficient (Wildman–Crippen LogP) is 1.80. The minimum atomic E-state index is -0.602. The molecule has 1 spiro atoms. The van der Waals surface area contributed by atoms with Crippen molar-refractivity contribution in [3.63, 3.8) is 0 Å². The number of halogens is 1. The van der Waals surface area contributed by atoms with Gasteiger partial charge in [-0.15, -0.1) is 24.0 Å². The summed E-state index contributed by atoms with van der Waals surface area (Å²) in [5, 5.41) is 3.76. The molecule has 2 atom stereocenters. The molecule has 1 heterocycles. The van der Waals surface area contributed by atoms with Crippen molar-refractivity contribution in [3.8, 4) is 0 Å². The van der Waals surface area contributed by atoms with Crippen molar-refractivity contribution < 1.29 is 9.53 Å². The molecule has 1 amide bonds. The highest BCUT2D eigenvalue weighted by molar-refractivity contribution is 14.0. The highest BCUT2D eigenvalue weighted by Crippen LogP contribution is 2.54. The topological polar surface area (TPSA) is 83.2 Å². The van der Waals surface area contributed by atoms with Crippen molar-refractivity contribution in [3.05, 3.63) is 0 Å². The lowest BCUT2D eigenvalue weighted by molar-refractivity contribution is -0.129. The molecule has 2 saturated carbocycles. The van der Waals surface area contributed by atoms with Crippen LogP contribution in [0, 0.1) is 5.41 Å². The number of primary amides is 1. The van der Waals surface area contributed by atoms with E-state index in [4.69, 9.17) is 10.5 Å². The average molecular weight is 507 g/mol. The lowest BCUT2D eigenvalue weighted by Crippen LogP contribution is -2.67. The van der Waals surface area contributed by atoms with E-state index in [0.717, 1.165) is 45.2 Å². The number of aliphatic imine (C=N–C) groups is 1. The molecule has 162 valence electrons. The Bertz CT molecular complexity index is 569. The Hall–Kier alpha value is -0.610. The van der Waals surface area contributed by atoms with Crippen LogP contribution in [0.4, 0.5) is 0 Å². The Balaban J connectivity index is 0.00000280. The summed E-state index contributed by atoms with van der Waals surface area (Å²) < 4.78 is 6.04. The van der Waals surface area contributed by atoms with Crippen LogP contribution in [0.25, 0.3) is 0 Å². The van der Waals surface area contributed by atoms with Gasteiger partial charge in [-0.05, 0) is 40.0 Å². The molecule has 3 N–H and O–H groups in total. The fourth-order valence-corrected chi connectivity index (χ4v) is 5.18. The summed E-state index contributed by atoms with van der Waals surface area (Å²) >= 11 is 0. The lowest BCUT2D eigenvalue weighted by atomic mass is 9.60. The van der Waals surface area contributed by atoms with E-state index in [9.17, 15) is 4.79 Å². The Morgan fingerprint density at radius 3 is 2.36 bits per heavy atom. The van der Waals surface area contributed by atoms with E-state index in [-0.39, 0.29) is 29.9 Å². The van der Waals surface area contributed by atoms with E-state index in [1.165, 1.54) is 25.7 Å². The SMILES string of the molecule is CCOC1CC(NC(=NC)N2CCN(C(C)(C)C(N)=O)CC2)C12CCCC2.I. The molecule has 0 bridgehead atoms. The fraction of sp³-hybridized carbons (Fsp3) is 0.900. The van der Waals surface area contributed by atoms with Crippen LogP contribution in [-0.4, -0.2) is 79.2 Å². The second kappa shape index (κ2) is 9.47. The smallest absolute Gasteiger partial charge is 0.237 e. The van der Waals surface area contributed by atoms with Crippen LogP contribution in [0.1, 0.15) is 52.9 Å². The fourth-order valence-electron chi connectivity index (χ4n) is 5.18. The molecule has 3 fully saturated rings. The van der Waals surface area contributed by atoms with Gasteiger partial charge in [0.2, 0.25) is 5.91 Å². The first kappa shape index (κ1) is 23.7. The van der Waals surface area contributed by atoms with Gasteiger partial charge in [0.25, 0.3) is 0 Å². The summed E-state index contributed by atoms with van der Waals surface area (Å²) in [5.74, 6) is 0.718. The number of carbonyl (C=O) groups excluding carboxylic acids is 1. The molecule has 1 saturated heterocycles. The Morgan fingerprint density at radius 2 is 1.86 bits per heavy atom. The van der Waals surface area contributed by atoms with Crippen LogP contribution in [0.5, 0.6) is 0 Å². The van der Waals surface area contributed by atoms with Crippen molar-refractivity contribution in [2.45, 2.75) is 70.6 Å². The summed E-state index contributed by atoms with van der Waals surface area (Å²) in [7, 11) is 1.86. The third-order valence-corrected chi connectivity index (χ3v) is 7.18. The summed E-state index contributed by atoms with van der Waals surface area (Å²) in [6.07, 6.45) is 6.60. The van der Waals surface area contributed by atoms with E-state index < -0.39 is 5.54 Å². The molecule has 8 heteroatoms. The van der Waals surface area contributed by atoms with Crippen LogP contribution in [-0.2, 0) is 9.53 Å². The summed E-state index contributed by atoms with van der Waals surface area (Å²) in [4.78, 5) is 20.8. The lowest BCUT2D eigenvalue weighted by Gasteiger charge is -2.55. The molecular formula is C20H38IN5O2. The largest absolute Gasteiger partial charge is 0.378 e. The number of amides is 1. The molecule has 0 aromatic rings. The monoisotopic (exact) mass is 507 g/mol. The van der Waals surface area contributed by atoms with Gasteiger partial charge in [-0.2, -0.15) is 0 Å². The number of nitrogens with one attached hydrogen (secondary N) is 1. The Kier molecular flexibility index (Phi) is 8.00. The third-order valence-electron chi connectivity index (χ3n) is 7.18. The van der Waals surface area contributed by atoms with E-state index in [1.54, 1.807) is 0 Å². The Labute approximate surface area is 186 Å². The maximum atomic E-state index is 11.7. The maximum Gasteiger partial charge on any atom is 0.237 e. The minimum absolute atomic E-state index is 0. The number of hydrogen-bond donors (Lipinski definition) is 2. The van der Waals surface area contributed by atoms with E-state index >= 15 is 0 Å². The Morgan fingerprint density at radius 1 is 1.25 bits per heavy atom. The molecule has 0 aromatic carbocycles. The number of rotatable bonds is 5. The van der Waals surface area contributed by atoms with Crippen molar-refractivity contribution in [1.29, 1.82) is 0 Å². The molecule has 7 nitrogen and oxygen atoms in total. The number of ether oxygens (including phenoxy) is 1. The molecule has 3 rings (SSSR count). The maximum absolute atomic E-state index is 11.7. The molecular weight excluding hydrogens is 469 g/mol. The quantitative estimate of drug-likeness (QED) is 0.337. The number of nitrogens with two attached hydrogens (primary N) is 1. The van der Waals surface area contributed by atoms with Crippen LogP contribution in [0.3, 0.4) is 0 Å². The number of nitrogens with zero attached hydrogens (tertiary/aromatic N) is 3. The molecule has 0 aromatic heterocycles. The highest BCUT2D eigenvalue weighted by atomic mass is 127. The summed E-state index contributed by atoms with van der Waals surface area (Å²) in [5.41, 5.74) is 5.27. The number of carbonyl (C=O) groups is 1. The second-order valence-electron chi connectivity index (χ2n) is 8.76. The standard InChI is InChI=1S/C20H37N5O2.HI/c1-5-27-16-14-15(20(16)8-6-7-9-20)23-18(22-4)24-10-12-25(13-11-24)19(2,3)17(21)26;/h15-16H,5-14H2,1-4H3,(H2,21,26)(H,22,23);1H. The number of piperazine rings is 1. The normalized spacial score (nSPS) is 28.0. The minimum Gasteiger partial charge on any atom is -0.378 e. The first-order valence-electron chi connectivity index (χ1n) is 10.5. The highest BCUT2D eigenvalue weighted by Gasteiger charge is 2.57. The van der Waals surface area contributed by atoms with E-state index in [0.29, 0.717) is 17.6 Å².